The molecule has 2 N–H and O–H groups in total. The molecule has 0 radical (unpaired) electrons. The number of para-hydroxylation sites is 1. The first-order valence-electron chi connectivity index (χ1n) is 10.3. The van der Waals surface area contributed by atoms with Gasteiger partial charge in [-0.25, -0.2) is 9.78 Å². The van der Waals surface area contributed by atoms with E-state index in [0.29, 0.717) is 29.6 Å². The Bertz CT molecular complexity index is 1090. The maximum atomic E-state index is 12.7. The molecule has 7 nitrogen and oxygen atoms in total. The van der Waals surface area contributed by atoms with Crippen LogP contribution in [0, 0.1) is 6.92 Å². The number of halogens is 1. The number of aromatic nitrogens is 1. The maximum Gasteiger partial charge on any atom is 0.325 e. The van der Waals surface area contributed by atoms with Gasteiger partial charge in [0.15, 0.2) is 5.13 Å². The molecule has 0 bridgehead atoms. The molecule has 0 spiro atoms. The standard InChI is InChI=1S/C23H24ClN5O2S/c1-16-6-8-17(9-7-16)25-22(31)27-23-26-18(15-32-23)14-21(30)29-12-10-28(11-13-29)20-5-3-2-4-19(20)24/h2-9,15H,10-14H2,1H3,(H2,25,26,27,31). The number of benzene rings is 2. The van der Waals surface area contributed by atoms with Crippen LogP contribution in [-0.4, -0.2) is 48.0 Å². The summed E-state index contributed by atoms with van der Waals surface area (Å²) in [6.45, 7) is 4.73. The number of piperazine rings is 1. The number of nitrogens with zero attached hydrogens (tertiary/aromatic N) is 3. The minimum Gasteiger partial charge on any atom is -0.367 e. The van der Waals surface area contributed by atoms with Crippen molar-refractivity contribution in [3.63, 3.8) is 0 Å². The Hall–Kier alpha value is -3.10. The molecule has 1 aliphatic rings. The average molecular weight is 470 g/mol. The van der Waals surface area contributed by atoms with Crippen molar-refractivity contribution in [2.24, 2.45) is 0 Å². The molecule has 0 aliphatic carbocycles. The Morgan fingerprint density at radius 3 is 2.47 bits per heavy atom. The minimum absolute atomic E-state index is 0.0322. The quantitative estimate of drug-likeness (QED) is 0.570. The number of aryl methyl sites for hydroxylation is 1. The Labute approximate surface area is 196 Å². The predicted molar refractivity (Wildman–Crippen MR) is 130 cm³/mol. The van der Waals surface area contributed by atoms with E-state index in [-0.39, 0.29) is 18.4 Å². The van der Waals surface area contributed by atoms with Gasteiger partial charge in [0.2, 0.25) is 5.91 Å². The van der Waals surface area contributed by atoms with Crippen molar-refractivity contribution in [2.45, 2.75) is 13.3 Å². The van der Waals surface area contributed by atoms with Crippen LogP contribution in [0.4, 0.5) is 21.3 Å². The van der Waals surface area contributed by atoms with Crippen LogP contribution in [0.1, 0.15) is 11.3 Å². The summed E-state index contributed by atoms with van der Waals surface area (Å²) in [6, 6.07) is 14.9. The predicted octanol–water partition coefficient (Wildman–Crippen LogP) is 4.64. The summed E-state index contributed by atoms with van der Waals surface area (Å²) in [5, 5.41) is 8.48. The van der Waals surface area contributed by atoms with Gasteiger partial charge in [0.05, 0.1) is 22.8 Å². The molecule has 166 valence electrons. The molecule has 4 rings (SSSR count). The Balaban J connectivity index is 1.26. The normalized spacial score (nSPS) is 13.7. The fourth-order valence-electron chi connectivity index (χ4n) is 3.51. The van der Waals surface area contributed by atoms with E-state index in [0.717, 1.165) is 29.4 Å². The first kappa shape index (κ1) is 22.1. The van der Waals surface area contributed by atoms with Crippen molar-refractivity contribution >= 4 is 51.4 Å². The first-order chi connectivity index (χ1) is 15.5. The van der Waals surface area contributed by atoms with E-state index in [4.69, 9.17) is 11.6 Å². The van der Waals surface area contributed by atoms with Crippen molar-refractivity contribution in [3.8, 4) is 0 Å². The zero-order chi connectivity index (χ0) is 22.5. The molecule has 3 aromatic rings. The van der Waals surface area contributed by atoms with Gasteiger partial charge in [-0.15, -0.1) is 11.3 Å². The van der Waals surface area contributed by atoms with Crippen LogP contribution >= 0.6 is 22.9 Å². The maximum absolute atomic E-state index is 12.7. The van der Waals surface area contributed by atoms with Crippen molar-refractivity contribution < 1.29 is 9.59 Å². The lowest BCUT2D eigenvalue weighted by Gasteiger charge is -2.36. The summed E-state index contributed by atoms with van der Waals surface area (Å²) in [4.78, 5) is 33.3. The SMILES string of the molecule is Cc1ccc(NC(=O)Nc2nc(CC(=O)N3CCN(c4ccccc4Cl)CC3)cs2)cc1. The Kier molecular flexibility index (Phi) is 6.92. The van der Waals surface area contributed by atoms with Crippen LogP contribution in [0.5, 0.6) is 0 Å². The highest BCUT2D eigenvalue weighted by Crippen LogP contribution is 2.26. The summed E-state index contributed by atoms with van der Waals surface area (Å²) >= 11 is 7.59. The van der Waals surface area contributed by atoms with Gasteiger partial charge >= 0.3 is 6.03 Å². The van der Waals surface area contributed by atoms with Crippen LogP contribution < -0.4 is 15.5 Å². The fourth-order valence-corrected chi connectivity index (χ4v) is 4.47. The van der Waals surface area contributed by atoms with E-state index in [1.807, 2.05) is 60.4 Å². The minimum atomic E-state index is -0.364. The molecule has 2 heterocycles. The molecule has 0 atom stereocenters. The highest BCUT2D eigenvalue weighted by Gasteiger charge is 2.23. The number of hydrogen-bond acceptors (Lipinski definition) is 5. The molecular formula is C23H24ClN5O2S. The van der Waals surface area contributed by atoms with Gasteiger partial charge in [0.25, 0.3) is 0 Å². The number of carbonyl (C=O) groups excluding carboxylic acids is 2. The lowest BCUT2D eigenvalue weighted by molar-refractivity contribution is -0.130. The molecular weight excluding hydrogens is 446 g/mol. The third kappa shape index (κ3) is 5.57. The first-order valence-corrected chi connectivity index (χ1v) is 11.6. The number of anilines is 3. The second kappa shape index (κ2) is 10.0. The van der Waals surface area contributed by atoms with Gasteiger partial charge in [0.1, 0.15) is 0 Å². The van der Waals surface area contributed by atoms with Crippen molar-refractivity contribution in [3.05, 3.63) is 70.2 Å². The van der Waals surface area contributed by atoms with Crippen LogP contribution in [0.25, 0.3) is 0 Å². The Morgan fingerprint density at radius 1 is 1.03 bits per heavy atom. The highest BCUT2D eigenvalue weighted by molar-refractivity contribution is 7.14. The zero-order valence-electron chi connectivity index (χ0n) is 17.7. The molecule has 3 amide bonds. The number of carbonyl (C=O) groups is 2. The average Bonchev–Trinajstić information content (AvgIpc) is 3.22. The molecule has 1 aromatic heterocycles. The van der Waals surface area contributed by atoms with E-state index in [1.54, 1.807) is 5.38 Å². The van der Waals surface area contributed by atoms with E-state index < -0.39 is 0 Å². The number of urea groups is 1. The van der Waals surface area contributed by atoms with Crippen LogP contribution in [0.15, 0.2) is 53.9 Å². The zero-order valence-corrected chi connectivity index (χ0v) is 19.2. The molecule has 1 fully saturated rings. The lowest BCUT2D eigenvalue weighted by atomic mass is 10.2. The summed E-state index contributed by atoms with van der Waals surface area (Å²) in [7, 11) is 0. The monoisotopic (exact) mass is 469 g/mol. The number of rotatable bonds is 5. The van der Waals surface area contributed by atoms with E-state index >= 15 is 0 Å². The Morgan fingerprint density at radius 2 is 1.75 bits per heavy atom. The van der Waals surface area contributed by atoms with Gasteiger partial charge in [-0.05, 0) is 31.2 Å². The summed E-state index contributed by atoms with van der Waals surface area (Å²) < 4.78 is 0. The third-order valence-electron chi connectivity index (χ3n) is 5.24. The molecule has 2 aromatic carbocycles. The number of amides is 3. The molecule has 32 heavy (non-hydrogen) atoms. The van der Waals surface area contributed by atoms with Crippen LogP contribution in [0.2, 0.25) is 5.02 Å². The van der Waals surface area contributed by atoms with E-state index in [2.05, 4.69) is 20.5 Å². The van der Waals surface area contributed by atoms with E-state index in [9.17, 15) is 9.59 Å². The van der Waals surface area contributed by atoms with Crippen molar-refractivity contribution in [1.29, 1.82) is 0 Å². The molecule has 9 heteroatoms. The van der Waals surface area contributed by atoms with Gasteiger partial charge in [-0.3, -0.25) is 10.1 Å². The number of thiazole rings is 1. The molecule has 0 saturated carbocycles. The summed E-state index contributed by atoms with van der Waals surface area (Å²) in [5.41, 5.74) is 3.48. The van der Waals surface area contributed by atoms with Gasteiger partial charge < -0.3 is 15.1 Å². The summed E-state index contributed by atoms with van der Waals surface area (Å²) in [5.74, 6) is 0.0322. The highest BCUT2D eigenvalue weighted by atomic mass is 35.5. The van der Waals surface area contributed by atoms with Crippen molar-refractivity contribution in [2.75, 3.05) is 41.7 Å². The lowest BCUT2D eigenvalue weighted by Crippen LogP contribution is -2.49. The number of hydrogen-bond donors (Lipinski definition) is 2. The van der Waals surface area contributed by atoms with Gasteiger partial charge in [0, 0.05) is 37.2 Å². The molecule has 1 aliphatic heterocycles. The third-order valence-corrected chi connectivity index (χ3v) is 6.37. The van der Waals surface area contributed by atoms with Crippen LogP contribution in [-0.2, 0) is 11.2 Å². The molecule has 1 saturated heterocycles. The summed E-state index contributed by atoms with van der Waals surface area (Å²) in [6.07, 6.45) is 0.212. The topological polar surface area (TPSA) is 77.6 Å². The second-order valence-corrected chi connectivity index (χ2v) is 8.85. The van der Waals surface area contributed by atoms with Crippen LogP contribution in [0.3, 0.4) is 0 Å². The van der Waals surface area contributed by atoms with Gasteiger partial charge in [-0.1, -0.05) is 41.4 Å². The second-order valence-electron chi connectivity index (χ2n) is 7.59. The number of nitrogens with one attached hydrogen (secondary N) is 2. The van der Waals surface area contributed by atoms with Crippen molar-refractivity contribution in [1.82, 2.24) is 9.88 Å². The largest absolute Gasteiger partial charge is 0.367 e. The van der Waals surface area contributed by atoms with Gasteiger partial charge in [-0.2, -0.15) is 0 Å². The fraction of sp³-hybridized carbons (Fsp3) is 0.261. The van der Waals surface area contributed by atoms with E-state index in [1.165, 1.54) is 11.3 Å². The smallest absolute Gasteiger partial charge is 0.325 e. The molecule has 0 unspecified atom stereocenters.